The van der Waals surface area contributed by atoms with E-state index in [0.29, 0.717) is 18.2 Å². The number of hydrogen-bond donors (Lipinski definition) is 5. The molecule has 2 aromatic carbocycles. The second kappa shape index (κ2) is 11.9. The van der Waals surface area contributed by atoms with Crippen LogP contribution >= 0.6 is 11.6 Å². The molecule has 174 valence electrons. The Kier molecular flexibility index (Phi) is 9.50. The molecule has 0 saturated carbocycles. The summed E-state index contributed by atoms with van der Waals surface area (Å²) in [4.78, 5) is 12.2. The molecule has 0 aliphatic carbocycles. The van der Waals surface area contributed by atoms with Gasteiger partial charge in [-0.15, -0.1) is 0 Å². The first-order valence-electron chi connectivity index (χ1n) is 10.6. The van der Waals surface area contributed by atoms with Crippen LogP contribution in [0.2, 0.25) is 5.02 Å². The summed E-state index contributed by atoms with van der Waals surface area (Å²) in [6.45, 7) is 8.13. The molecule has 7 nitrogen and oxygen atoms in total. The number of benzene rings is 2. The first-order chi connectivity index (χ1) is 15.2. The van der Waals surface area contributed by atoms with Gasteiger partial charge in [-0.2, -0.15) is 0 Å². The van der Waals surface area contributed by atoms with E-state index in [0.717, 1.165) is 28.1 Å². The van der Waals surface area contributed by atoms with E-state index in [1.54, 1.807) is 19.9 Å². The molecular formula is C24H33ClN4O3. The summed E-state index contributed by atoms with van der Waals surface area (Å²) >= 11 is 6.31. The van der Waals surface area contributed by atoms with Gasteiger partial charge < -0.3 is 31.2 Å². The smallest absolute Gasteiger partial charge is 0.228 e. The van der Waals surface area contributed by atoms with Crippen molar-refractivity contribution in [3.05, 3.63) is 58.1 Å². The highest BCUT2D eigenvalue weighted by Gasteiger charge is 2.26. The Morgan fingerprint density at radius 1 is 1.25 bits per heavy atom. The van der Waals surface area contributed by atoms with Crippen molar-refractivity contribution >= 4 is 35.1 Å². The fourth-order valence-corrected chi connectivity index (χ4v) is 3.12. The zero-order valence-corrected chi connectivity index (χ0v) is 19.8. The molecule has 0 fully saturated rings. The fraction of sp³-hybridized carbons (Fsp3) is 0.417. The lowest BCUT2D eigenvalue weighted by Crippen LogP contribution is -2.38. The van der Waals surface area contributed by atoms with E-state index in [4.69, 9.17) is 21.7 Å². The second-order valence-corrected chi connectivity index (χ2v) is 8.94. The van der Waals surface area contributed by atoms with Crippen LogP contribution in [-0.4, -0.2) is 36.6 Å². The standard InChI is InChI=1S/C24H33ClN4O3/c1-16(2)29-22-7-5-6-21(19(22)11-26)28-15-32-13-18-10-17(8-9-20(18)25)12-27-23(31)24(3,4)14-30/h5-11,16,26,28-30H,12-15H2,1-4H3,(H,27,31). The lowest BCUT2D eigenvalue weighted by Gasteiger charge is -2.20. The number of aliphatic hydroxyl groups is 1. The van der Waals surface area contributed by atoms with Gasteiger partial charge in [0.05, 0.1) is 18.6 Å². The Labute approximate surface area is 195 Å². The van der Waals surface area contributed by atoms with Gasteiger partial charge in [-0.3, -0.25) is 4.79 Å². The van der Waals surface area contributed by atoms with Crippen LogP contribution in [0.25, 0.3) is 0 Å². The molecule has 0 radical (unpaired) electrons. The third-order valence-electron chi connectivity index (χ3n) is 4.89. The first-order valence-corrected chi connectivity index (χ1v) is 10.9. The van der Waals surface area contributed by atoms with Crippen molar-refractivity contribution in [1.29, 1.82) is 5.41 Å². The van der Waals surface area contributed by atoms with Gasteiger partial charge in [-0.1, -0.05) is 29.8 Å². The molecule has 0 unspecified atom stereocenters. The molecule has 0 bridgehead atoms. The molecule has 0 atom stereocenters. The Morgan fingerprint density at radius 3 is 2.62 bits per heavy atom. The number of carbonyl (C=O) groups is 1. The summed E-state index contributed by atoms with van der Waals surface area (Å²) in [6, 6.07) is 11.5. The predicted molar refractivity (Wildman–Crippen MR) is 131 cm³/mol. The Hall–Kier alpha value is -2.61. The van der Waals surface area contributed by atoms with Crippen molar-refractivity contribution in [3.8, 4) is 0 Å². The molecule has 32 heavy (non-hydrogen) atoms. The average molecular weight is 461 g/mol. The lowest BCUT2D eigenvalue weighted by atomic mass is 9.93. The minimum atomic E-state index is -0.832. The van der Waals surface area contributed by atoms with E-state index in [9.17, 15) is 9.90 Å². The van der Waals surface area contributed by atoms with E-state index in [1.807, 2.05) is 44.2 Å². The molecule has 0 saturated heterocycles. The molecule has 8 heteroatoms. The number of aliphatic hydroxyl groups excluding tert-OH is 1. The van der Waals surface area contributed by atoms with Crippen molar-refractivity contribution in [3.63, 3.8) is 0 Å². The van der Waals surface area contributed by atoms with E-state index >= 15 is 0 Å². The molecule has 2 rings (SSSR count). The number of anilines is 2. The van der Waals surface area contributed by atoms with Crippen LogP contribution in [0, 0.1) is 10.8 Å². The molecule has 0 spiro atoms. The van der Waals surface area contributed by atoms with Crippen LogP contribution in [0.4, 0.5) is 11.4 Å². The molecule has 5 N–H and O–H groups in total. The van der Waals surface area contributed by atoms with Gasteiger partial charge in [0, 0.05) is 40.8 Å². The number of amides is 1. The highest BCUT2D eigenvalue weighted by atomic mass is 35.5. The summed E-state index contributed by atoms with van der Waals surface area (Å²) in [7, 11) is 0. The van der Waals surface area contributed by atoms with Gasteiger partial charge >= 0.3 is 0 Å². The van der Waals surface area contributed by atoms with E-state index in [2.05, 4.69) is 16.0 Å². The van der Waals surface area contributed by atoms with Gasteiger partial charge in [0.15, 0.2) is 0 Å². The number of rotatable bonds is 12. The highest BCUT2D eigenvalue weighted by molar-refractivity contribution is 6.31. The number of halogens is 1. The minimum Gasteiger partial charge on any atom is -0.395 e. The van der Waals surface area contributed by atoms with Gasteiger partial charge in [0.1, 0.15) is 6.73 Å². The van der Waals surface area contributed by atoms with Crippen LogP contribution in [0.5, 0.6) is 0 Å². The maximum Gasteiger partial charge on any atom is 0.228 e. The summed E-state index contributed by atoms with van der Waals surface area (Å²) in [5.41, 5.74) is 3.33. The summed E-state index contributed by atoms with van der Waals surface area (Å²) in [5, 5.41) is 27.0. The number of carbonyl (C=O) groups excluding carboxylic acids is 1. The highest BCUT2D eigenvalue weighted by Crippen LogP contribution is 2.24. The molecule has 0 aliphatic heterocycles. The van der Waals surface area contributed by atoms with Gasteiger partial charge in [0.2, 0.25) is 5.91 Å². The Morgan fingerprint density at radius 2 is 1.97 bits per heavy atom. The molecule has 0 aromatic heterocycles. The zero-order chi connectivity index (χ0) is 23.7. The third kappa shape index (κ3) is 7.22. The number of hydrogen-bond acceptors (Lipinski definition) is 6. The van der Waals surface area contributed by atoms with Crippen molar-refractivity contribution in [2.75, 3.05) is 24.0 Å². The first kappa shape index (κ1) is 25.6. The fourth-order valence-electron chi connectivity index (χ4n) is 2.94. The van der Waals surface area contributed by atoms with Crippen molar-refractivity contribution in [2.45, 2.75) is 46.9 Å². The average Bonchev–Trinajstić information content (AvgIpc) is 2.76. The van der Waals surface area contributed by atoms with Crippen molar-refractivity contribution in [2.24, 2.45) is 5.41 Å². The summed E-state index contributed by atoms with van der Waals surface area (Å²) < 4.78 is 5.77. The van der Waals surface area contributed by atoms with Crippen molar-refractivity contribution in [1.82, 2.24) is 5.32 Å². The molecule has 1 amide bonds. The SMILES string of the molecule is CC(C)Nc1cccc(NCOCc2cc(CNC(=O)C(C)(C)CO)ccc2Cl)c1C=N. The minimum absolute atomic E-state index is 0.215. The molecule has 0 aliphatic rings. The third-order valence-corrected chi connectivity index (χ3v) is 5.26. The molecular weight excluding hydrogens is 428 g/mol. The van der Waals surface area contributed by atoms with E-state index < -0.39 is 5.41 Å². The van der Waals surface area contributed by atoms with Crippen LogP contribution in [0.3, 0.4) is 0 Å². The maximum atomic E-state index is 12.2. The van der Waals surface area contributed by atoms with Crippen LogP contribution in [0.1, 0.15) is 44.4 Å². The zero-order valence-electron chi connectivity index (χ0n) is 19.1. The van der Waals surface area contributed by atoms with Gasteiger partial charge in [-0.05, 0) is 57.0 Å². The van der Waals surface area contributed by atoms with Crippen LogP contribution in [-0.2, 0) is 22.7 Å². The number of nitrogens with one attached hydrogen (secondary N) is 4. The largest absolute Gasteiger partial charge is 0.395 e. The lowest BCUT2D eigenvalue weighted by molar-refractivity contribution is -0.131. The normalized spacial score (nSPS) is 11.3. The monoisotopic (exact) mass is 460 g/mol. The second-order valence-electron chi connectivity index (χ2n) is 8.53. The summed E-state index contributed by atoms with van der Waals surface area (Å²) in [5.74, 6) is -0.215. The van der Waals surface area contributed by atoms with E-state index in [1.165, 1.54) is 6.21 Å². The summed E-state index contributed by atoms with van der Waals surface area (Å²) in [6.07, 6.45) is 1.32. The van der Waals surface area contributed by atoms with Gasteiger partial charge in [-0.25, -0.2) is 0 Å². The predicted octanol–water partition coefficient (Wildman–Crippen LogP) is 4.38. The van der Waals surface area contributed by atoms with E-state index in [-0.39, 0.29) is 25.3 Å². The van der Waals surface area contributed by atoms with Gasteiger partial charge in [0.25, 0.3) is 0 Å². The number of ether oxygens (including phenoxy) is 1. The van der Waals surface area contributed by atoms with Crippen LogP contribution < -0.4 is 16.0 Å². The Balaban J connectivity index is 1.94. The maximum absolute atomic E-state index is 12.2. The topological polar surface area (TPSA) is 106 Å². The quantitative estimate of drug-likeness (QED) is 0.183. The molecule has 0 heterocycles. The Bertz CT molecular complexity index is 931. The van der Waals surface area contributed by atoms with Crippen LogP contribution in [0.15, 0.2) is 36.4 Å². The molecule has 2 aromatic rings. The van der Waals surface area contributed by atoms with Crippen molar-refractivity contribution < 1.29 is 14.6 Å².